The number of carbonyl (C=O) groups is 2. The van der Waals surface area contributed by atoms with Gasteiger partial charge in [0.2, 0.25) is 11.8 Å². The van der Waals surface area contributed by atoms with Crippen LogP contribution in [0, 0.1) is 5.92 Å². The van der Waals surface area contributed by atoms with E-state index < -0.39 is 0 Å². The lowest BCUT2D eigenvalue weighted by atomic mass is 9.96. The van der Waals surface area contributed by atoms with Gasteiger partial charge in [-0.3, -0.25) is 9.59 Å². The van der Waals surface area contributed by atoms with Crippen LogP contribution in [0.15, 0.2) is 0 Å². The summed E-state index contributed by atoms with van der Waals surface area (Å²) in [5, 5.41) is 8.95. The van der Waals surface area contributed by atoms with Crippen molar-refractivity contribution < 1.29 is 9.59 Å². The Morgan fingerprint density at radius 2 is 2.22 bits per heavy atom. The summed E-state index contributed by atoms with van der Waals surface area (Å²) in [6, 6.07) is -0.299. The van der Waals surface area contributed by atoms with Crippen LogP contribution in [-0.2, 0) is 9.59 Å². The Labute approximate surface area is 114 Å². The lowest BCUT2D eigenvalue weighted by Gasteiger charge is -2.22. The van der Waals surface area contributed by atoms with Crippen LogP contribution in [0.2, 0.25) is 0 Å². The number of halogens is 1. The highest BCUT2D eigenvalue weighted by molar-refractivity contribution is 5.90. The van der Waals surface area contributed by atoms with Crippen molar-refractivity contribution in [2.45, 2.75) is 38.1 Å². The zero-order valence-electron chi connectivity index (χ0n) is 10.5. The van der Waals surface area contributed by atoms with Gasteiger partial charge in [-0.05, 0) is 44.7 Å². The molecule has 2 aliphatic rings. The Balaban J connectivity index is 0.00000162. The molecule has 0 saturated carbocycles. The summed E-state index contributed by atoms with van der Waals surface area (Å²) in [5.74, 6) is 0.642. The average Bonchev–Trinajstić information content (AvgIpc) is 2.77. The molecule has 0 spiro atoms. The number of hydrogen-bond donors (Lipinski definition) is 3. The molecule has 104 valence electrons. The molecule has 0 radical (unpaired) electrons. The van der Waals surface area contributed by atoms with Gasteiger partial charge in [0.15, 0.2) is 0 Å². The molecule has 2 aliphatic heterocycles. The number of carbonyl (C=O) groups excluding carboxylic acids is 2. The summed E-state index contributed by atoms with van der Waals surface area (Å²) in [4.78, 5) is 22.7. The Hall–Kier alpha value is -0.810. The van der Waals surface area contributed by atoms with E-state index in [1.165, 1.54) is 12.8 Å². The maximum Gasteiger partial charge on any atom is 0.242 e. The average molecular weight is 276 g/mol. The minimum absolute atomic E-state index is 0. The zero-order valence-corrected chi connectivity index (χ0v) is 11.4. The van der Waals surface area contributed by atoms with E-state index in [4.69, 9.17) is 0 Å². The molecule has 3 N–H and O–H groups in total. The molecule has 0 bridgehead atoms. The fourth-order valence-electron chi connectivity index (χ4n) is 2.50. The van der Waals surface area contributed by atoms with E-state index >= 15 is 0 Å². The summed E-state index contributed by atoms with van der Waals surface area (Å²) >= 11 is 0. The molecule has 18 heavy (non-hydrogen) atoms. The van der Waals surface area contributed by atoms with Gasteiger partial charge in [-0.2, -0.15) is 0 Å². The van der Waals surface area contributed by atoms with Crippen molar-refractivity contribution in [2.75, 3.05) is 19.6 Å². The van der Waals surface area contributed by atoms with E-state index in [1.807, 2.05) is 0 Å². The van der Waals surface area contributed by atoms with E-state index in [9.17, 15) is 9.59 Å². The van der Waals surface area contributed by atoms with Crippen molar-refractivity contribution in [3.63, 3.8) is 0 Å². The predicted octanol–water partition coefficient (Wildman–Crippen LogP) is 0.193. The number of hydrogen-bond acceptors (Lipinski definition) is 3. The summed E-state index contributed by atoms with van der Waals surface area (Å²) < 4.78 is 0. The second-order valence-electron chi connectivity index (χ2n) is 4.95. The number of amides is 2. The molecule has 2 fully saturated rings. The second kappa shape index (κ2) is 7.59. The SMILES string of the molecule is Cl.O=C1CCC(C(=O)NCCC2CCCNC2)N1. The molecule has 2 saturated heterocycles. The Morgan fingerprint density at radius 1 is 1.39 bits per heavy atom. The molecule has 2 amide bonds. The fraction of sp³-hybridized carbons (Fsp3) is 0.833. The molecule has 2 heterocycles. The first-order valence-corrected chi connectivity index (χ1v) is 6.53. The highest BCUT2D eigenvalue weighted by atomic mass is 35.5. The van der Waals surface area contributed by atoms with Gasteiger partial charge in [0, 0.05) is 13.0 Å². The van der Waals surface area contributed by atoms with Crippen LogP contribution < -0.4 is 16.0 Å². The van der Waals surface area contributed by atoms with E-state index in [-0.39, 0.29) is 30.3 Å². The van der Waals surface area contributed by atoms with Crippen LogP contribution in [-0.4, -0.2) is 37.5 Å². The quantitative estimate of drug-likeness (QED) is 0.686. The van der Waals surface area contributed by atoms with Gasteiger partial charge in [0.1, 0.15) is 6.04 Å². The molecule has 6 heteroatoms. The standard InChI is InChI=1S/C12H21N3O2.ClH/c16-11-4-3-10(15-11)12(17)14-7-5-9-2-1-6-13-8-9;/h9-10,13H,1-8H2,(H,14,17)(H,15,16);1H. The van der Waals surface area contributed by atoms with Crippen molar-refractivity contribution >= 4 is 24.2 Å². The monoisotopic (exact) mass is 275 g/mol. The van der Waals surface area contributed by atoms with Gasteiger partial charge in [0.05, 0.1) is 0 Å². The van der Waals surface area contributed by atoms with E-state index in [0.29, 0.717) is 18.8 Å². The summed E-state index contributed by atoms with van der Waals surface area (Å²) in [6.45, 7) is 2.91. The van der Waals surface area contributed by atoms with Crippen LogP contribution in [0.3, 0.4) is 0 Å². The number of piperidine rings is 1. The van der Waals surface area contributed by atoms with Crippen molar-refractivity contribution in [3.05, 3.63) is 0 Å². The Bertz CT molecular complexity index is 293. The van der Waals surface area contributed by atoms with Crippen molar-refractivity contribution in [1.82, 2.24) is 16.0 Å². The van der Waals surface area contributed by atoms with Crippen molar-refractivity contribution in [1.29, 1.82) is 0 Å². The minimum Gasteiger partial charge on any atom is -0.354 e. The van der Waals surface area contributed by atoms with Gasteiger partial charge < -0.3 is 16.0 Å². The molecule has 0 aromatic heterocycles. The Kier molecular flexibility index (Phi) is 6.43. The number of rotatable bonds is 4. The highest BCUT2D eigenvalue weighted by Gasteiger charge is 2.26. The zero-order chi connectivity index (χ0) is 12.1. The highest BCUT2D eigenvalue weighted by Crippen LogP contribution is 2.13. The minimum atomic E-state index is -0.299. The maximum absolute atomic E-state index is 11.7. The first kappa shape index (κ1) is 15.2. The van der Waals surface area contributed by atoms with Gasteiger partial charge in [-0.25, -0.2) is 0 Å². The molecule has 0 aromatic rings. The van der Waals surface area contributed by atoms with Crippen LogP contribution in [0.1, 0.15) is 32.1 Å². The third-order valence-electron chi connectivity index (χ3n) is 3.56. The fourth-order valence-corrected chi connectivity index (χ4v) is 2.50. The lowest BCUT2D eigenvalue weighted by molar-refractivity contribution is -0.125. The second-order valence-corrected chi connectivity index (χ2v) is 4.95. The van der Waals surface area contributed by atoms with E-state index in [1.54, 1.807) is 0 Å². The summed E-state index contributed by atoms with van der Waals surface area (Å²) in [7, 11) is 0. The Morgan fingerprint density at radius 3 is 2.83 bits per heavy atom. The van der Waals surface area contributed by atoms with Crippen LogP contribution >= 0.6 is 12.4 Å². The van der Waals surface area contributed by atoms with Gasteiger partial charge in [0.25, 0.3) is 0 Å². The lowest BCUT2D eigenvalue weighted by Crippen LogP contribution is -2.42. The van der Waals surface area contributed by atoms with E-state index in [0.717, 1.165) is 26.1 Å². The number of nitrogens with one attached hydrogen (secondary N) is 3. The van der Waals surface area contributed by atoms with Gasteiger partial charge in [-0.15, -0.1) is 12.4 Å². The molecule has 5 nitrogen and oxygen atoms in total. The molecule has 2 unspecified atom stereocenters. The normalized spacial score (nSPS) is 27.2. The van der Waals surface area contributed by atoms with Gasteiger partial charge >= 0.3 is 0 Å². The van der Waals surface area contributed by atoms with Gasteiger partial charge in [-0.1, -0.05) is 0 Å². The molecule has 2 rings (SSSR count). The summed E-state index contributed by atoms with van der Waals surface area (Å²) in [5.41, 5.74) is 0. The topological polar surface area (TPSA) is 70.2 Å². The smallest absolute Gasteiger partial charge is 0.242 e. The summed E-state index contributed by atoms with van der Waals surface area (Å²) in [6.07, 6.45) is 4.63. The van der Waals surface area contributed by atoms with Crippen LogP contribution in [0.4, 0.5) is 0 Å². The third kappa shape index (κ3) is 4.46. The van der Waals surface area contributed by atoms with Crippen molar-refractivity contribution in [2.24, 2.45) is 5.92 Å². The molecule has 0 aromatic carbocycles. The first-order chi connectivity index (χ1) is 8.25. The molecule has 2 atom stereocenters. The van der Waals surface area contributed by atoms with E-state index in [2.05, 4.69) is 16.0 Å². The maximum atomic E-state index is 11.7. The predicted molar refractivity (Wildman–Crippen MR) is 71.6 cm³/mol. The third-order valence-corrected chi connectivity index (χ3v) is 3.56. The molecular weight excluding hydrogens is 254 g/mol. The molecule has 0 aliphatic carbocycles. The van der Waals surface area contributed by atoms with Crippen molar-refractivity contribution in [3.8, 4) is 0 Å². The van der Waals surface area contributed by atoms with Crippen LogP contribution in [0.5, 0.6) is 0 Å². The van der Waals surface area contributed by atoms with Crippen LogP contribution in [0.25, 0.3) is 0 Å². The largest absolute Gasteiger partial charge is 0.354 e. The first-order valence-electron chi connectivity index (χ1n) is 6.53. The molecular formula is C12H22ClN3O2.